The number of allylic oxidation sites excluding steroid dienone is 8. The molecule has 0 bridgehead atoms. The zero-order chi connectivity index (χ0) is 19.7. The van der Waals surface area contributed by atoms with Crippen molar-refractivity contribution in [3.8, 4) is 0 Å². The van der Waals surface area contributed by atoms with E-state index in [2.05, 4.69) is 32.2 Å². The molecule has 0 saturated heterocycles. The summed E-state index contributed by atoms with van der Waals surface area (Å²) in [5.74, 6) is 1.96. The molecule has 0 radical (unpaired) electrons. The Balaban J connectivity index is -0.000000484. The molecule has 1 saturated carbocycles. The highest BCUT2D eigenvalue weighted by atomic mass is 16.1. The molecule has 0 aromatic carbocycles. The van der Waals surface area contributed by atoms with Crippen LogP contribution in [0.15, 0.2) is 60.8 Å². The molecule has 3 unspecified atom stereocenters. The van der Waals surface area contributed by atoms with Gasteiger partial charge in [0.25, 0.3) is 0 Å². The van der Waals surface area contributed by atoms with Gasteiger partial charge in [-0.3, -0.25) is 4.79 Å². The molecule has 0 amide bonds. The van der Waals surface area contributed by atoms with E-state index in [1.54, 1.807) is 18.2 Å². The van der Waals surface area contributed by atoms with Crippen LogP contribution in [0.2, 0.25) is 0 Å². The molecule has 0 aromatic rings. The van der Waals surface area contributed by atoms with Crippen LogP contribution >= 0.6 is 0 Å². The number of carbonyl (C=O) groups is 1. The minimum Gasteiger partial charge on any atom is -0.289 e. The van der Waals surface area contributed by atoms with Crippen molar-refractivity contribution in [3.63, 3.8) is 0 Å². The van der Waals surface area contributed by atoms with Crippen molar-refractivity contribution >= 4 is 5.78 Å². The molecule has 0 heterocycles. The fourth-order valence-corrected chi connectivity index (χ4v) is 2.25. The van der Waals surface area contributed by atoms with Gasteiger partial charge in [0.15, 0.2) is 5.78 Å². The van der Waals surface area contributed by atoms with Crippen molar-refractivity contribution in [1.29, 1.82) is 0 Å². The van der Waals surface area contributed by atoms with Gasteiger partial charge in [-0.05, 0) is 17.8 Å². The fourth-order valence-electron chi connectivity index (χ4n) is 2.25. The van der Waals surface area contributed by atoms with Gasteiger partial charge in [-0.25, -0.2) is 0 Å². The maximum atomic E-state index is 12.1. The molecule has 2 rings (SSSR count). The lowest BCUT2D eigenvalue weighted by Crippen LogP contribution is -2.05. The third kappa shape index (κ3) is 8.29. The van der Waals surface area contributed by atoms with E-state index in [-0.39, 0.29) is 5.78 Å². The van der Waals surface area contributed by atoms with Crippen LogP contribution in [0.4, 0.5) is 0 Å². The number of rotatable bonds is 4. The summed E-state index contributed by atoms with van der Waals surface area (Å²) in [4.78, 5) is 12.1. The topological polar surface area (TPSA) is 17.1 Å². The molecule has 0 N–H and O–H groups in total. The number of fused-ring (bicyclic) bond motifs is 1. The zero-order valence-electron chi connectivity index (χ0n) is 17.5. The molecule has 1 nitrogen and oxygen atoms in total. The number of hydrogen-bond acceptors (Lipinski definition) is 1. The van der Waals surface area contributed by atoms with Gasteiger partial charge < -0.3 is 0 Å². The maximum absolute atomic E-state index is 12.1. The molecule has 138 valence electrons. The summed E-state index contributed by atoms with van der Waals surface area (Å²) >= 11 is 0. The predicted molar refractivity (Wildman–Crippen MR) is 112 cm³/mol. The van der Waals surface area contributed by atoms with Crippen LogP contribution < -0.4 is 0 Å². The van der Waals surface area contributed by atoms with Gasteiger partial charge in [0.2, 0.25) is 0 Å². The van der Waals surface area contributed by atoms with Crippen LogP contribution in [0.25, 0.3) is 0 Å². The molecule has 2 aliphatic rings. The Morgan fingerprint density at radius 3 is 1.83 bits per heavy atom. The van der Waals surface area contributed by atoms with E-state index in [9.17, 15) is 4.79 Å². The second kappa shape index (κ2) is 17.7. The molecule has 0 aliphatic heterocycles. The van der Waals surface area contributed by atoms with Crippen molar-refractivity contribution in [2.45, 2.75) is 62.3 Å². The van der Waals surface area contributed by atoms with Gasteiger partial charge in [0.1, 0.15) is 0 Å². The third-order valence-corrected chi connectivity index (χ3v) is 3.43. The smallest absolute Gasteiger partial charge is 0.192 e. The highest BCUT2D eigenvalue weighted by Crippen LogP contribution is 2.50. The number of ketones is 1. The maximum Gasteiger partial charge on any atom is 0.192 e. The molecule has 2 aliphatic carbocycles. The molecule has 0 spiro atoms. The Morgan fingerprint density at radius 1 is 0.958 bits per heavy atom. The van der Waals surface area contributed by atoms with E-state index in [0.717, 1.165) is 5.57 Å². The van der Waals surface area contributed by atoms with E-state index in [1.807, 2.05) is 61.5 Å². The van der Waals surface area contributed by atoms with E-state index >= 15 is 0 Å². The van der Waals surface area contributed by atoms with Gasteiger partial charge in [-0.1, -0.05) is 112 Å². The van der Waals surface area contributed by atoms with Gasteiger partial charge in [0.05, 0.1) is 0 Å². The van der Waals surface area contributed by atoms with Crippen molar-refractivity contribution in [1.82, 2.24) is 0 Å². The van der Waals surface area contributed by atoms with Crippen LogP contribution in [0.1, 0.15) is 62.3 Å². The summed E-state index contributed by atoms with van der Waals surface area (Å²) < 4.78 is 0. The van der Waals surface area contributed by atoms with E-state index in [0.29, 0.717) is 23.3 Å². The van der Waals surface area contributed by atoms with Crippen LogP contribution in [0.5, 0.6) is 0 Å². The molecular formula is C23H40O. The Hall–Kier alpha value is -1.63. The third-order valence-electron chi connectivity index (χ3n) is 3.43. The van der Waals surface area contributed by atoms with E-state index in [4.69, 9.17) is 0 Å². The second-order valence-electron chi connectivity index (χ2n) is 4.39. The van der Waals surface area contributed by atoms with Crippen LogP contribution in [0, 0.1) is 17.8 Å². The second-order valence-corrected chi connectivity index (χ2v) is 4.39. The Labute approximate surface area is 151 Å². The fraction of sp³-hybridized carbons (Fsp3) is 0.522. The number of hydrogen-bond donors (Lipinski definition) is 0. The monoisotopic (exact) mass is 332 g/mol. The average molecular weight is 333 g/mol. The van der Waals surface area contributed by atoms with Crippen LogP contribution in [0.3, 0.4) is 0 Å². The summed E-state index contributed by atoms with van der Waals surface area (Å²) in [5, 5.41) is 0. The quantitative estimate of drug-likeness (QED) is 0.389. The summed E-state index contributed by atoms with van der Waals surface area (Å²) in [5.41, 5.74) is 1.40. The number of carbonyl (C=O) groups excluding carboxylic acids is 1. The summed E-state index contributed by atoms with van der Waals surface area (Å²) in [6.07, 6.45) is 11.1. The summed E-state index contributed by atoms with van der Waals surface area (Å²) in [6.45, 7) is 25.5. The first-order valence-corrected chi connectivity index (χ1v) is 9.59. The molecule has 24 heavy (non-hydrogen) atoms. The minimum absolute atomic E-state index is 0.0451. The largest absolute Gasteiger partial charge is 0.289 e. The highest BCUT2D eigenvalue weighted by molar-refractivity contribution is 6.12. The first-order chi connectivity index (χ1) is 11.7. The first-order valence-electron chi connectivity index (χ1n) is 9.59. The molecule has 0 aromatic heterocycles. The minimum atomic E-state index is 0.0451. The summed E-state index contributed by atoms with van der Waals surface area (Å²) in [7, 11) is 0. The lowest BCUT2D eigenvalue weighted by atomic mass is 9.98. The lowest BCUT2D eigenvalue weighted by Gasteiger charge is -2.05. The van der Waals surface area contributed by atoms with Crippen LogP contribution in [-0.2, 0) is 4.79 Å². The molecule has 3 atom stereocenters. The highest BCUT2D eigenvalue weighted by Gasteiger charge is 2.45. The zero-order valence-corrected chi connectivity index (χ0v) is 17.5. The summed E-state index contributed by atoms with van der Waals surface area (Å²) in [6, 6.07) is 0. The van der Waals surface area contributed by atoms with E-state index in [1.165, 1.54) is 0 Å². The Morgan fingerprint density at radius 2 is 1.46 bits per heavy atom. The van der Waals surface area contributed by atoms with Crippen molar-refractivity contribution in [2.75, 3.05) is 0 Å². The first kappa shape index (κ1) is 27.2. The molecule has 1 fully saturated rings. The van der Waals surface area contributed by atoms with Gasteiger partial charge in [-0.2, -0.15) is 0 Å². The Kier molecular flexibility index (Phi) is 20.1. The molecular weight excluding hydrogens is 292 g/mol. The van der Waals surface area contributed by atoms with Crippen molar-refractivity contribution in [2.24, 2.45) is 17.8 Å². The molecule has 1 heteroatoms. The van der Waals surface area contributed by atoms with Crippen LogP contribution in [-0.4, -0.2) is 5.78 Å². The number of Topliss-reactive ketones (excluding diaryl/α,β-unsaturated/α-hetero) is 1. The standard InChI is InChI=1S/C15H16O.4C2H6/c1-4-6-11(5-2)15(16)12-7-8-13-10(3)14(13)9-12;4*1-2/h4-10,13-14H,1-2H2,3H3;4*1-2H3/b11-6+;;;;. The average Bonchev–Trinajstić information content (AvgIpc) is 3.35. The normalized spacial score (nSPS) is 22.0. The van der Waals surface area contributed by atoms with E-state index < -0.39 is 0 Å². The van der Waals surface area contributed by atoms with Gasteiger partial charge in [-0.15, -0.1) is 0 Å². The van der Waals surface area contributed by atoms with Gasteiger partial charge in [0, 0.05) is 11.1 Å². The SMILES string of the molecule is C=C/C=C(\C=C)C(=O)C1=CC2C(C)C2C=C1.CC.CC.CC.CC. The Bertz CT molecular complexity index is 435. The van der Waals surface area contributed by atoms with Crippen molar-refractivity contribution < 1.29 is 4.79 Å². The van der Waals surface area contributed by atoms with Crippen molar-refractivity contribution in [3.05, 3.63) is 60.8 Å². The predicted octanol–water partition coefficient (Wildman–Crippen LogP) is 7.34. The lowest BCUT2D eigenvalue weighted by molar-refractivity contribution is -0.111. The van der Waals surface area contributed by atoms with Gasteiger partial charge >= 0.3 is 0 Å².